The highest BCUT2D eigenvalue weighted by molar-refractivity contribution is 7.91. The lowest BCUT2D eigenvalue weighted by Crippen LogP contribution is -2.25. The Morgan fingerprint density at radius 2 is 1.74 bits per heavy atom. The fourth-order valence-corrected chi connectivity index (χ4v) is 5.33. The van der Waals surface area contributed by atoms with Crippen molar-refractivity contribution >= 4 is 39.5 Å². The Morgan fingerprint density at radius 3 is 2.44 bits per heavy atom. The van der Waals surface area contributed by atoms with Gasteiger partial charge in [-0.25, -0.2) is 8.42 Å². The largest absolute Gasteiger partial charge is 0.399 e. The number of halogens is 1. The van der Waals surface area contributed by atoms with E-state index in [2.05, 4.69) is 5.32 Å². The molecular weight excluding hydrogens is 384 g/mol. The van der Waals surface area contributed by atoms with Crippen molar-refractivity contribution in [1.29, 1.82) is 0 Å². The molecule has 1 amide bonds. The van der Waals surface area contributed by atoms with Crippen LogP contribution in [-0.4, -0.2) is 19.6 Å². The summed E-state index contributed by atoms with van der Waals surface area (Å²) in [5.41, 5.74) is 7.96. The van der Waals surface area contributed by atoms with Crippen molar-refractivity contribution in [2.45, 2.75) is 43.1 Å². The van der Waals surface area contributed by atoms with Gasteiger partial charge < -0.3 is 11.1 Å². The number of sulfone groups is 1. The van der Waals surface area contributed by atoms with Gasteiger partial charge in [0.1, 0.15) is 0 Å². The van der Waals surface area contributed by atoms with E-state index in [9.17, 15) is 13.2 Å². The Labute approximate surface area is 166 Å². The van der Waals surface area contributed by atoms with E-state index in [4.69, 9.17) is 5.73 Å². The van der Waals surface area contributed by atoms with Crippen molar-refractivity contribution in [1.82, 2.24) is 0 Å². The van der Waals surface area contributed by atoms with Crippen molar-refractivity contribution in [3.8, 4) is 0 Å². The zero-order valence-corrected chi connectivity index (χ0v) is 16.7. The molecule has 0 aromatic heterocycles. The number of carbonyl (C=O) groups is 1. The molecule has 2 aromatic rings. The van der Waals surface area contributed by atoms with Crippen LogP contribution in [0.4, 0.5) is 11.4 Å². The van der Waals surface area contributed by atoms with E-state index in [1.807, 2.05) is 0 Å². The second-order valence-electron chi connectivity index (χ2n) is 6.85. The van der Waals surface area contributed by atoms with E-state index >= 15 is 0 Å². The fraction of sp³-hybridized carbons (Fsp3) is 0.350. The fourth-order valence-electron chi connectivity index (χ4n) is 3.40. The molecule has 2 aromatic carbocycles. The summed E-state index contributed by atoms with van der Waals surface area (Å²) in [5, 5.41) is 2.57. The first kappa shape index (κ1) is 21.3. The van der Waals surface area contributed by atoms with Crippen molar-refractivity contribution in [2.24, 2.45) is 0 Å². The summed E-state index contributed by atoms with van der Waals surface area (Å²) >= 11 is 0. The van der Waals surface area contributed by atoms with Gasteiger partial charge in [0.05, 0.1) is 11.0 Å². The Hall–Kier alpha value is -2.05. The highest BCUT2D eigenvalue weighted by Gasteiger charge is 2.27. The maximum absolute atomic E-state index is 12.6. The molecule has 1 aliphatic rings. The average molecular weight is 409 g/mol. The second kappa shape index (κ2) is 9.24. The van der Waals surface area contributed by atoms with Crippen molar-refractivity contribution in [2.75, 3.05) is 11.1 Å². The molecule has 1 fully saturated rings. The van der Waals surface area contributed by atoms with Crippen molar-refractivity contribution in [3.05, 3.63) is 59.7 Å². The molecular formula is C20H25ClN2O3S. The van der Waals surface area contributed by atoms with E-state index < -0.39 is 9.84 Å². The Balaban J connectivity index is 0.00000261. The molecule has 0 heterocycles. The summed E-state index contributed by atoms with van der Waals surface area (Å²) in [4.78, 5) is 12.3. The van der Waals surface area contributed by atoms with Crippen molar-refractivity contribution < 1.29 is 13.2 Å². The van der Waals surface area contributed by atoms with Gasteiger partial charge in [-0.1, -0.05) is 37.5 Å². The van der Waals surface area contributed by atoms with Crippen molar-refractivity contribution in [3.63, 3.8) is 0 Å². The van der Waals surface area contributed by atoms with Gasteiger partial charge in [0.25, 0.3) is 5.91 Å². The third kappa shape index (κ3) is 5.71. The molecule has 146 valence electrons. The zero-order valence-electron chi connectivity index (χ0n) is 15.1. The molecule has 0 bridgehead atoms. The molecule has 0 spiro atoms. The number of carbonyl (C=O) groups excluding carboxylic acids is 1. The van der Waals surface area contributed by atoms with Gasteiger partial charge in [-0.2, -0.15) is 0 Å². The van der Waals surface area contributed by atoms with Gasteiger partial charge in [-0.15, -0.1) is 12.4 Å². The Morgan fingerprint density at radius 1 is 1.04 bits per heavy atom. The summed E-state index contributed by atoms with van der Waals surface area (Å²) in [7, 11) is -3.17. The molecule has 1 saturated carbocycles. The lowest BCUT2D eigenvalue weighted by atomic mass is 10.0. The third-order valence-electron chi connectivity index (χ3n) is 4.76. The number of amides is 1. The minimum absolute atomic E-state index is 0. The van der Waals surface area contributed by atoms with Crippen LogP contribution in [0.25, 0.3) is 0 Å². The van der Waals surface area contributed by atoms with Crippen LogP contribution in [0.2, 0.25) is 0 Å². The van der Waals surface area contributed by atoms with Crippen LogP contribution in [0.1, 0.15) is 48.0 Å². The summed E-state index contributed by atoms with van der Waals surface area (Å²) in [6.45, 7) is 0. The molecule has 0 saturated heterocycles. The first-order valence-corrected chi connectivity index (χ1v) is 10.6. The molecule has 0 atom stereocenters. The van der Waals surface area contributed by atoms with E-state index in [0.29, 0.717) is 22.5 Å². The highest BCUT2D eigenvalue weighted by Crippen LogP contribution is 2.26. The number of rotatable bonds is 5. The van der Waals surface area contributed by atoms with Crippen LogP contribution in [0.3, 0.4) is 0 Å². The maximum atomic E-state index is 12.6. The SMILES string of the molecule is Cl.Nc1cccc(C(=O)Nc2cccc(CS(=O)(=O)C3CCCCC3)c2)c1. The van der Waals surface area contributed by atoms with Gasteiger partial charge in [-0.3, -0.25) is 4.79 Å². The molecule has 0 aliphatic heterocycles. The predicted molar refractivity (Wildman–Crippen MR) is 112 cm³/mol. The summed E-state index contributed by atoms with van der Waals surface area (Å²) in [5.74, 6) is -0.260. The highest BCUT2D eigenvalue weighted by atomic mass is 35.5. The van der Waals surface area contributed by atoms with E-state index in [1.54, 1.807) is 48.5 Å². The smallest absolute Gasteiger partial charge is 0.255 e. The molecule has 3 rings (SSSR count). The molecule has 3 N–H and O–H groups in total. The van der Waals surface area contributed by atoms with Crippen LogP contribution in [-0.2, 0) is 15.6 Å². The minimum atomic E-state index is -3.17. The van der Waals surface area contributed by atoms with Gasteiger partial charge in [-0.05, 0) is 48.7 Å². The quantitative estimate of drug-likeness (QED) is 0.726. The van der Waals surface area contributed by atoms with E-state index in [1.165, 1.54) is 0 Å². The molecule has 0 unspecified atom stereocenters. The average Bonchev–Trinajstić information content (AvgIpc) is 2.62. The number of hydrogen-bond acceptors (Lipinski definition) is 4. The molecule has 0 radical (unpaired) electrons. The molecule has 27 heavy (non-hydrogen) atoms. The van der Waals surface area contributed by atoms with Crippen LogP contribution >= 0.6 is 12.4 Å². The van der Waals surface area contributed by atoms with Gasteiger partial charge in [0.15, 0.2) is 9.84 Å². The first-order valence-electron chi connectivity index (χ1n) is 8.91. The van der Waals surface area contributed by atoms with E-state index in [0.717, 1.165) is 32.1 Å². The van der Waals surface area contributed by atoms with Gasteiger partial charge in [0, 0.05) is 16.9 Å². The van der Waals surface area contributed by atoms with Gasteiger partial charge >= 0.3 is 0 Å². The standard InChI is InChI=1S/C20H24N2O3S.ClH/c21-17-8-5-7-16(13-17)20(23)22-18-9-4-6-15(12-18)14-26(24,25)19-10-2-1-3-11-19;/h4-9,12-13,19H,1-3,10-11,14,21H2,(H,22,23);1H. The summed E-state index contributed by atoms with van der Waals surface area (Å²) in [6, 6.07) is 13.8. The van der Waals surface area contributed by atoms with Crippen LogP contribution < -0.4 is 11.1 Å². The molecule has 1 aliphatic carbocycles. The number of nitrogens with one attached hydrogen (secondary N) is 1. The van der Waals surface area contributed by atoms with E-state index in [-0.39, 0.29) is 29.3 Å². The Bertz CT molecular complexity index is 894. The lowest BCUT2D eigenvalue weighted by Gasteiger charge is -2.21. The normalized spacial score (nSPS) is 15.0. The van der Waals surface area contributed by atoms with Crippen LogP contribution in [0.15, 0.2) is 48.5 Å². The summed E-state index contributed by atoms with van der Waals surface area (Å²) in [6.07, 6.45) is 4.61. The topological polar surface area (TPSA) is 89.3 Å². The number of hydrogen-bond donors (Lipinski definition) is 2. The Kier molecular flexibility index (Phi) is 7.27. The zero-order chi connectivity index (χ0) is 18.6. The predicted octanol–water partition coefficient (Wildman–Crippen LogP) is 4.19. The molecule has 5 nitrogen and oxygen atoms in total. The number of nitrogen functional groups attached to an aromatic ring is 1. The minimum Gasteiger partial charge on any atom is -0.399 e. The van der Waals surface area contributed by atoms with Crippen LogP contribution in [0, 0.1) is 0 Å². The first-order chi connectivity index (χ1) is 12.4. The number of anilines is 2. The molecule has 7 heteroatoms. The second-order valence-corrected chi connectivity index (χ2v) is 9.13. The van der Waals surface area contributed by atoms with Gasteiger partial charge in [0.2, 0.25) is 0 Å². The lowest BCUT2D eigenvalue weighted by molar-refractivity contribution is 0.102. The van der Waals surface area contributed by atoms with Crippen LogP contribution in [0.5, 0.6) is 0 Å². The maximum Gasteiger partial charge on any atom is 0.255 e. The summed E-state index contributed by atoms with van der Waals surface area (Å²) < 4.78 is 25.3. The number of benzene rings is 2. The monoisotopic (exact) mass is 408 g/mol. The third-order valence-corrected chi connectivity index (χ3v) is 6.98. The number of nitrogens with two attached hydrogens (primary N) is 1.